The number of carbonyl (C=O) groups excluding carboxylic acids is 2. The molecule has 3 aromatic rings. The van der Waals surface area contributed by atoms with Crippen LogP contribution in [0, 0.1) is 5.82 Å². The topological polar surface area (TPSA) is 159 Å². The van der Waals surface area contributed by atoms with Crippen LogP contribution in [-0.4, -0.2) is 39.2 Å². The predicted molar refractivity (Wildman–Crippen MR) is 114 cm³/mol. The van der Waals surface area contributed by atoms with Gasteiger partial charge in [-0.15, -0.1) is 0 Å². The Kier molecular flexibility index (Phi) is 8.41. The molecule has 0 spiro atoms. The van der Waals surface area contributed by atoms with Crippen molar-refractivity contribution in [3.05, 3.63) is 72.3 Å². The minimum atomic E-state index is -5.00. The highest BCUT2D eigenvalue weighted by molar-refractivity contribution is 6.03. The fraction of sp³-hybridized carbons (Fsp3) is 0.0500. The zero-order valence-electron chi connectivity index (χ0n) is 16.9. The Morgan fingerprint density at radius 2 is 1.47 bits per heavy atom. The molecule has 178 valence electrons. The number of pyridine rings is 2. The molecule has 0 bridgehead atoms. The van der Waals surface area contributed by atoms with E-state index in [4.69, 9.17) is 10.8 Å². The molecule has 0 aliphatic heterocycles. The van der Waals surface area contributed by atoms with E-state index in [1.807, 2.05) is 5.32 Å². The van der Waals surface area contributed by atoms with Gasteiger partial charge in [0.2, 0.25) is 0 Å². The molecule has 2 aromatic heterocycles. The molecule has 3 rings (SSSR count). The SMILES string of the molecule is Nc1ccc(NC(=O)c2ccccc2F)nc1.O=C(O)Nc1ccc(NC(=O)C(F)(F)F)nc1. The van der Waals surface area contributed by atoms with Crippen LogP contribution >= 0.6 is 0 Å². The fourth-order valence-electron chi connectivity index (χ4n) is 2.16. The van der Waals surface area contributed by atoms with Crippen LogP contribution < -0.4 is 21.7 Å². The molecule has 2 heterocycles. The molecule has 0 saturated heterocycles. The van der Waals surface area contributed by atoms with Gasteiger partial charge in [-0.25, -0.2) is 19.2 Å². The van der Waals surface area contributed by atoms with E-state index >= 15 is 0 Å². The maximum Gasteiger partial charge on any atom is 0.471 e. The van der Waals surface area contributed by atoms with Gasteiger partial charge < -0.3 is 21.5 Å². The van der Waals surface area contributed by atoms with Crippen LogP contribution in [0.4, 0.5) is 45.4 Å². The van der Waals surface area contributed by atoms with Crippen molar-refractivity contribution in [3.63, 3.8) is 0 Å². The molecule has 0 aliphatic carbocycles. The number of nitrogen functional groups attached to an aromatic ring is 1. The second-order valence-corrected chi connectivity index (χ2v) is 6.22. The smallest absolute Gasteiger partial charge is 0.465 e. The van der Waals surface area contributed by atoms with Gasteiger partial charge in [-0.1, -0.05) is 12.1 Å². The van der Waals surface area contributed by atoms with E-state index in [0.717, 1.165) is 18.3 Å². The van der Waals surface area contributed by atoms with Crippen LogP contribution in [0.15, 0.2) is 60.9 Å². The summed E-state index contributed by atoms with van der Waals surface area (Å²) in [6.07, 6.45) is -3.95. The molecule has 14 heteroatoms. The minimum Gasteiger partial charge on any atom is -0.465 e. The van der Waals surface area contributed by atoms with Crippen molar-refractivity contribution < 1.29 is 37.1 Å². The maximum absolute atomic E-state index is 13.3. The lowest BCUT2D eigenvalue weighted by Gasteiger charge is -2.07. The van der Waals surface area contributed by atoms with Crippen molar-refractivity contribution in [2.45, 2.75) is 6.18 Å². The van der Waals surface area contributed by atoms with Crippen molar-refractivity contribution >= 4 is 40.9 Å². The first kappa shape index (κ1) is 25.5. The summed E-state index contributed by atoms with van der Waals surface area (Å²) < 4.78 is 48.9. The third-order valence-electron chi connectivity index (χ3n) is 3.66. The lowest BCUT2D eigenvalue weighted by molar-refractivity contribution is -0.167. The van der Waals surface area contributed by atoms with Crippen molar-refractivity contribution in [2.24, 2.45) is 0 Å². The predicted octanol–water partition coefficient (Wildman–Crippen LogP) is 3.73. The number of nitrogens with zero attached hydrogens (tertiary/aromatic N) is 2. The number of nitrogens with one attached hydrogen (secondary N) is 3. The van der Waals surface area contributed by atoms with Crippen LogP contribution in [0.3, 0.4) is 0 Å². The summed E-state index contributed by atoms with van der Waals surface area (Å²) in [5.74, 6) is -3.26. The van der Waals surface area contributed by atoms with Crippen molar-refractivity contribution in [3.8, 4) is 0 Å². The lowest BCUT2D eigenvalue weighted by Crippen LogP contribution is -2.30. The summed E-state index contributed by atoms with van der Waals surface area (Å²) in [6.45, 7) is 0. The zero-order valence-corrected chi connectivity index (χ0v) is 16.9. The summed E-state index contributed by atoms with van der Waals surface area (Å²) >= 11 is 0. The third-order valence-corrected chi connectivity index (χ3v) is 3.66. The van der Waals surface area contributed by atoms with Crippen molar-refractivity contribution in [1.29, 1.82) is 0 Å². The second kappa shape index (κ2) is 11.2. The standard InChI is InChI=1S/C12H10FN3O.C8H6F3N3O3/c13-10-4-2-1-3-9(10)12(17)16-11-6-5-8(14)7-15-11;9-8(10,11)6(15)14-5-2-1-4(3-12-5)13-7(16)17/h1-7H,14H2,(H,15,16,17);1-3,13H,(H,16,17)(H,12,14,15). The number of hydrogen-bond donors (Lipinski definition) is 5. The maximum atomic E-state index is 13.3. The summed E-state index contributed by atoms with van der Waals surface area (Å²) in [5.41, 5.74) is 6.00. The molecule has 3 amide bonds. The molecule has 1 aromatic carbocycles. The quantitative estimate of drug-likeness (QED) is 0.356. The Bertz CT molecular complexity index is 1150. The largest absolute Gasteiger partial charge is 0.471 e. The van der Waals surface area contributed by atoms with E-state index in [1.165, 1.54) is 29.7 Å². The summed E-state index contributed by atoms with van der Waals surface area (Å²) in [6, 6.07) is 11.1. The first-order valence-electron chi connectivity index (χ1n) is 9.07. The number of carboxylic acid groups (broad SMARTS) is 1. The Morgan fingerprint density at radius 1 is 0.853 bits per heavy atom. The Balaban J connectivity index is 0.000000240. The fourth-order valence-corrected chi connectivity index (χ4v) is 2.16. The highest BCUT2D eigenvalue weighted by atomic mass is 19.4. The van der Waals surface area contributed by atoms with Crippen LogP contribution in [-0.2, 0) is 4.79 Å². The first-order valence-corrected chi connectivity index (χ1v) is 9.07. The number of rotatable bonds is 4. The van der Waals surface area contributed by atoms with Crippen molar-refractivity contribution in [1.82, 2.24) is 9.97 Å². The number of anilines is 4. The number of halogens is 4. The van der Waals surface area contributed by atoms with E-state index in [0.29, 0.717) is 11.5 Å². The Labute approximate surface area is 188 Å². The van der Waals surface area contributed by atoms with Gasteiger partial charge >= 0.3 is 18.2 Å². The highest BCUT2D eigenvalue weighted by Crippen LogP contribution is 2.18. The summed E-state index contributed by atoms with van der Waals surface area (Å²) in [7, 11) is 0. The lowest BCUT2D eigenvalue weighted by atomic mass is 10.2. The molecule has 0 unspecified atom stereocenters. The number of alkyl halides is 3. The van der Waals surface area contributed by atoms with Gasteiger partial charge in [-0.3, -0.25) is 14.9 Å². The van der Waals surface area contributed by atoms with Gasteiger partial charge in [0.1, 0.15) is 17.5 Å². The van der Waals surface area contributed by atoms with Gasteiger partial charge in [0.25, 0.3) is 5.91 Å². The van der Waals surface area contributed by atoms with E-state index < -0.39 is 29.9 Å². The molecular formula is C20H16F4N6O4. The third kappa shape index (κ3) is 8.07. The molecule has 0 aliphatic rings. The number of aromatic nitrogens is 2. The highest BCUT2D eigenvalue weighted by Gasteiger charge is 2.38. The molecule has 34 heavy (non-hydrogen) atoms. The van der Waals surface area contributed by atoms with Gasteiger partial charge in [0.15, 0.2) is 0 Å². The molecule has 0 radical (unpaired) electrons. The van der Waals surface area contributed by atoms with E-state index in [2.05, 4.69) is 15.3 Å². The van der Waals surface area contributed by atoms with Gasteiger partial charge in [-0.2, -0.15) is 13.2 Å². The molecule has 6 N–H and O–H groups in total. The summed E-state index contributed by atoms with van der Waals surface area (Å²) in [5, 5.41) is 14.3. The normalized spacial score (nSPS) is 10.4. The van der Waals surface area contributed by atoms with Gasteiger partial charge in [0.05, 0.1) is 29.3 Å². The average Bonchev–Trinajstić information content (AvgIpc) is 2.76. The van der Waals surface area contributed by atoms with E-state index in [9.17, 15) is 31.9 Å². The molecule has 0 atom stereocenters. The number of carbonyl (C=O) groups is 3. The Morgan fingerprint density at radius 3 is 2.00 bits per heavy atom. The monoisotopic (exact) mass is 480 g/mol. The number of nitrogens with two attached hydrogens (primary N) is 1. The van der Waals surface area contributed by atoms with Crippen LogP contribution in [0.5, 0.6) is 0 Å². The number of amides is 3. The molecule has 0 fully saturated rings. The Hall–Kier alpha value is -4.75. The summed E-state index contributed by atoms with van der Waals surface area (Å²) in [4.78, 5) is 39.7. The van der Waals surface area contributed by atoms with Crippen LogP contribution in [0.25, 0.3) is 0 Å². The van der Waals surface area contributed by atoms with Crippen LogP contribution in [0.1, 0.15) is 10.4 Å². The average molecular weight is 480 g/mol. The van der Waals surface area contributed by atoms with E-state index in [-0.39, 0.29) is 17.1 Å². The zero-order chi connectivity index (χ0) is 25.3. The minimum absolute atomic E-state index is 0.0221. The molecular weight excluding hydrogens is 464 g/mol. The van der Waals surface area contributed by atoms with Gasteiger partial charge in [0, 0.05) is 0 Å². The second-order valence-electron chi connectivity index (χ2n) is 6.22. The van der Waals surface area contributed by atoms with Gasteiger partial charge in [-0.05, 0) is 36.4 Å². The number of benzene rings is 1. The first-order chi connectivity index (χ1) is 16.0. The van der Waals surface area contributed by atoms with Crippen LogP contribution in [0.2, 0.25) is 0 Å². The molecule has 0 saturated carbocycles. The molecule has 10 nitrogen and oxygen atoms in total. The van der Waals surface area contributed by atoms with Crippen molar-refractivity contribution in [2.75, 3.05) is 21.7 Å². The van der Waals surface area contributed by atoms with E-state index in [1.54, 1.807) is 18.2 Å². The number of hydrogen-bond acceptors (Lipinski definition) is 6.